The molecule has 196 valence electrons. The first-order valence-electron chi connectivity index (χ1n) is 12.9. The van der Waals surface area contributed by atoms with Gasteiger partial charge in [-0.2, -0.15) is 4.98 Å². The zero-order valence-electron chi connectivity index (χ0n) is 22.6. The summed E-state index contributed by atoms with van der Waals surface area (Å²) in [7, 11) is 0. The molecule has 1 atom stereocenters. The summed E-state index contributed by atoms with van der Waals surface area (Å²) in [6.45, 7) is 13.2. The Hall–Kier alpha value is -3.26. The number of thioether (sulfide) groups is 1. The van der Waals surface area contributed by atoms with E-state index in [1.807, 2.05) is 61.9 Å². The van der Waals surface area contributed by atoms with Crippen molar-refractivity contribution in [2.75, 3.05) is 23.0 Å². The third-order valence-corrected chi connectivity index (χ3v) is 7.35. The normalized spacial score (nSPS) is 14.9. The van der Waals surface area contributed by atoms with Crippen LogP contribution in [0.15, 0.2) is 58.9 Å². The van der Waals surface area contributed by atoms with Crippen LogP contribution in [0.3, 0.4) is 0 Å². The number of fused-ring (bicyclic) bond motifs is 1. The van der Waals surface area contributed by atoms with Crippen molar-refractivity contribution < 1.29 is 9.53 Å². The van der Waals surface area contributed by atoms with Crippen LogP contribution in [0.5, 0.6) is 5.75 Å². The van der Waals surface area contributed by atoms with Crippen LogP contribution in [0.25, 0.3) is 0 Å². The van der Waals surface area contributed by atoms with Crippen LogP contribution in [0.4, 0.5) is 11.6 Å². The molecule has 0 bridgehead atoms. The number of amides is 1. The number of hydrogen-bond acceptors (Lipinski definition) is 6. The van der Waals surface area contributed by atoms with Crippen LogP contribution in [0, 0.1) is 19.8 Å². The number of carbonyl (C=O) groups excluding carboxylic acids is 1. The Morgan fingerprint density at radius 3 is 2.59 bits per heavy atom. The minimum atomic E-state index is -0.421. The van der Waals surface area contributed by atoms with Crippen LogP contribution >= 0.6 is 11.8 Å². The molecule has 1 aliphatic heterocycles. The number of benzene rings is 2. The van der Waals surface area contributed by atoms with E-state index in [0.717, 1.165) is 52.4 Å². The minimum Gasteiger partial charge on any atom is -0.494 e. The predicted molar refractivity (Wildman–Crippen MR) is 151 cm³/mol. The third-order valence-electron chi connectivity index (χ3n) is 6.30. The minimum absolute atomic E-state index is 0.164. The summed E-state index contributed by atoms with van der Waals surface area (Å²) in [5.41, 5.74) is 5.29. The lowest BCUT2D eigenvalue weighted by Gasteiger charge is -2.29. The van der Waals surface area contributed by atoms with Crippen molar-refractivity contribution in [2.24, 2.45) is 5.92 Å². The number of aromatic nitrogens is 3. The molecule has 1 unspecified atom stereocenters. The number of anilines is 2. The summed E-state index contributed by atoms with van der Waals surface area (Å²) in [6.07, 6.45) is 2.03. The number of allylic oxidation sites excluding steroid dienone is 1. The van der Waals surface area contributed by atoms with Crippen molar-refractivity contribution in [1.29, 1.82) is 0 Å². The first-order valence-corrected chi connectivity index (χ1v) is 13.9. The maximum Gasteiger partial charge on any atom is 0.255 e. The van der Waals surface area contributed by atoms with E-state index in [2.05, 4.69) is 37.5 Å². The molecule has 3 aromatic rings. The summed E-state index contributed by atoms with van der Waals surface area (Å²) in [5.74, 6) is 2.82. The van der Waals surface area contributed by atoms with E-state index >= 15 is 0 Å². The molecule has 2 aromatic carbocycles. The van der Waals surface area contributed by atoms with Crippen molar-refractivity contribution in [3.8, 4) is 5.75 Å². The lowest BCUT2D eigenvalue weighted by Crippen LogP contribution is -2.31. The fraction of sp³-hybridized carbons (Fsp3) is 0.414. The Morgan fingerprint density at radius 2 is 1.92 bits per heavy atom. The molecule has 0 spiro atoms. The van der Waals surface area contributed by atoms with E-state index in [1.54, 1.807) is 11.8 Å². The van der Waals surface area contributed by atoms with E-state index < -0.39 is 6.04 Å². The molecular formula is C29H37N5O2S. The number of rotatable bonds is 10. The summed E-state index contributed by atoms with van der Waals surface area (Å²) < 4.78 is 7.76. The highest BCUT2D eigenvalue weighted by Gasteiger charge is 2.34. The van der Waals surface area contributed by atoms with Gasteiger partial charge in [0.1, 0.15) is 11.8 Å². The Morgan fingerprint density at radius 1 is 1.16 bits per heavy atom. The van der Waals surface area contributed by atoms with Gasteiger partial charge in [-0.3, -0.25) is 4.79 Å². The standard InChI is InChI=1S/C29H37N5O2S/c1-7-16-37-29-32-28-30-21(6)25(27(35)31-24-13-8-19(4)17-20(24)5)26(34(28)33-29)22-9-11-23(12-10-22)36-15-14-18(2)3/h8-13,17-18,26H,7,14-16H2,1-6H3,(H,31,35)(H,30,32,33). The number of ether oxygens (including phenoxy) is 1. The van der Waals surface area contributed by atoms with Gasteiger partial charge in [-0.25, -0.2) is 4.68 Å². The number of nitrogens with zero attached hydrogens (tertiary/aromatic N) is 3. The van der Waals surface area contributed by atoms with Gasteiger partial charge in [0.15, 0.2) is 0 Å². The fourth-order valence-corrected chi connectivity index (χ4v) is 4.97. The Bertz CT molecular complexity index is 1280. The molecule has 2 heterocycles. The van der Waals surface area contributed by atoms with Gasteiger partial charge in [-0.15, -0.1) is 5.10 Å². The number of aryl methyl sites for hydroxylation is 2. The molecule has 0 aliphatic carbocycles. The van der Waals surface area contributed by atoms with Gasteiger partial charge in [-0.05, 0) is 68.9 Å². The van der Waals surface area contributed by atoms with Gasteiger partial charge in [0.05, 0.1) is 12.2 Å². The van der Waals surface area contributed by atoms with E-state index in [1.165, 1.54) is 0 Å². The molecule has 0 saturated heterocycles. The summed E-state index contributed by atoms with van der Waals surface area (Å²) in [4.78, 5) is 18.5. The van der Waals surface area contributed by atoms with E-state index in [4.69, 9.17) is 14.8 Å². The second-order valence-corrected chi connectivity index (χ2v) is 11.0. The van der Waals surface area contributed by atoms with Crippen molar-refractivity contribution in [3.05, 3.63) is 70.4 Å². The highest BCUT2D eigenvalue weighted by molar-refractivity contribution is 7.99. The molecule has 1 aromatic heterocycles. The van der Waals surface area contributed by atoms with Crippen molar-refractivity contribution in [1.82, 2.24) is 14.8 Å². The largest absolute Gasteiger partial charge is 0.494 e. The Balaban J connectivity index is 1.68. The molecule has 0 fully saturated rings. The van der Waals surface area contributed by atoms with Gasteiger partial charge in [0.2, 0.25) is 11.1 Å². The van der Waals surface area contributed by atoms with Crippen LogP contribution in [-0.4, -0.2) is 33.0 Å². The van der Waals surface area contributed by atoms with Gasteiger partial charge < -0.3 is 15.4 Å². The Kier molecular flexibility index (Phi) is 8.59. The van der Waals surface area contributed by atoms with Crippen LogP contribution in [0.1, 0.15) is 63.3 Å². The summed E-state index contributed by atoms with van der Waals surface area (Å²) in [6, 6.07) is 13.6. The molecule has 37 heavy (non-hydrogen) atoms. The maximum absolute atomic E-state index is 13.8. The molecule has 4 rings (SSSR count). The van der Waals surface area contributed by atoms with Crippen LogP contribution < -0.4 is 15.4 Å². The lowest BCUT2D eigenvalue weighted by atomic mass is 9.94. The maximum atomic E-state index is 13.8. The number of nitrogens with one attached hydrogen (secondary N) is 2. The van der Waals surface area contributed by atoms with Gasteiger partial charge in [-0.1, -0.05) is 62.4 Å². The van der Waals surface area contributed by atoms with E-state index in [9.17, 15) is 4.79 Å². The monoisotopic (exact) mass is 519 g/mol. The molecule has 2 N–H and O–H groups in total. The smallest absolute Gasteiger partial charge is 0.255 e. The average Bonchev–Trinajstić information content (AvgIpc) is 3.26. The molecular weight excluding hydrogens is 482 g/mol. The molecule has 8 heteroatoms. The van der Waals surface area contributed by atoms with E-state index in [0.29, 0.717) is 29.2 Å². The second kappa shape index (κ2) is 11.9. The summed E-state index contributed by atoms with van der Waals surface area (Å²) >= 11 is 1.62. The molecule has 0 radical (unpaired) electrons. The SMILES string of the molecule is CCCSc1nc2n(n1)C(c1ccc(OCCC(C)C)cc1)C(C(=O)Nc1ccc(C)cc1C)=C(C)N2. The van der Waals surface area contributed by atoms with Crippen molar-refractivity contribution >= 4 is 29.3 Å². The molecule has 7 nitrogen and oxygen atoms in total. The highest BCUT2D eigenvalue weighted by Crippen LogP contribution is 2.37. The van der Waals surface area contributed by atoms with Gasteiger partial charge in [0, 0.05) is 17.1 Å². The highest BCUT2D eigenvalue weighted by atomic mass is 32.2. The summed E-state index contributed by atoms with van der Waals surface area (Å²) in [5, 5.41) is 11.9. The van der Waals surface area contributed by atoms with Gasteiger partial charge >= 0.3 is 0 Å². The first kappa shape index (κ1) is 26.8. The van der Waals surface area contributed by atoms with Crippen molar-refractivity contribution in [2.45, 2.75) is 65.6 Å². The molecule has 1 aliphatic rings. The third kappa shape index (κ3) is 6.36. The topological polar surface area (TPSA) is 81.1 Å². The zero-order chi connectivity index (χ0) is 26.5. The Labute approximate surface area is 224 Å². The van der Waals surface area contributed by atoms with Crippen LogP contribution in [0.2, 0.25) is 0 Å². The zero-order valence-corrected chi connectivity index (χ0v) is 23.4. The molecule has 1 amide bonds. The van der Waals surface area contributed by atoms with Gasteiger partial charge in [0.25, 0.3) is 5.91 Å². The lowest BCUT2D eigenvalue weighted by molar-refractivity contribution is -0.113. The van der Waals surface area contributed by atoms with E-state index in [-0.39, 0.29) is 5.91 Å². The fourth-order valence-electron chi connectivity index (χ4n) is 4.29. The second-order valence-electron chi connectivity index (χ2n) is 9.95. The number of carbonyl (C=O) groups is 1. The van der Waals surface area contributed by atoms with Crippen molar-refractivity contribution in [3.63, 3.8) is 0 Å². The quantitative estimate of drug-likeness (QED) is 0.288. The first-order chi connectivity index (χ1) is 17.8. The predicted octanol–water partition coefficient (Wildman–Crippen LogP) is 6.75. The molecule has 0 saturated carbocycles. The van der Waals surface area contributed by atoms with Crippen LogP contribution in [-0.2, 0) is 4.79 Å². The average molecular weight is 520 g/mol. The number of hydrogen-bond donors (Lipinski definition) is 2.